The molecule has 0 atom stereocenters. The van der Waals surface area contributed by atoms with E-state index in [0.29, 0.717) is 0 Å². The Morgan fingerprint density at radius 1 is 1.21 bits per heavy atom. The van der Waals surface area contributed by atoms with E-state index >= 15 is 0 Å². The molecule has 3 aromatic rings. The van der Waals surface area contributed by atoms with Crippen molar-refractivity contribution in [1.29, 1.82) is 0 Å². The number of benzene rings is 1. The third-order valence-corrected chi connectivity index (χ3v) is 7.40. The van der Waals surface area contributed by atoms with Crippen LogP contribution in [0.1, 0.15) is 61.2 Å². The van der Waals surface area contributed by atoms with Crippen LogP contribution in [0.15, 0.2) is 35.0 Å². The summed E-state index contributed by atoms with van der Waals surface area (Å²) in [5, 5.41) is 13.4. The van der Waals surface area contributed by atoms with Crippen molar-refractivity contribution in [2.24, 2.45) is 0 Å². The lowest BCUT2D eigenvalue weighted by Crippen LogP contribution is -2.48. The molecule has 3 heterocycles. The molecule has 0 radical (unpaired) electrons. The molecule has 5 rings (SSSR count). The van der Waals surface area contributed by atoms with Crippen LogP contribution in [0.2, 0.25) is 5.02 Å². The van der Waals surface area contributed by atoms with E-state index in [0.717, 1.165) is 77.9 Å². The van der Waals surface area contributed by atoms with Crippen molar-refractivity contribution < 1.29 is 4.42 Å². The molecule has 1 spiro atoms. The van der Waals surface area contributed by atoms with Gasteiger partial charge in [0.25, 0.3) is 0 Å². The molecule has 7 heteroatoms. The van der Waals surface area contributed by atoms with Gasteiger partial charge in [-0.15, -0.1) is 0 Å². The maximum Gasteiger partial charge on any atom is 0.142 e. The van der Waals surface area contributed by atoms with Crippen molar-refractivity contribution in [1.82, 2.24) is 20.0 Å². The van der Waals surface area contributed by atoms with E-state index in [1.807, 2.05) is 13.0 Å². The number of fused-ring (bicyclic) bond motifs is 4. The highest BCUT2D eigenvalue weighted by atomic mass is 35.5. The number of halogens is 1. The first-order valence-corrected chi connectivity index (χ1v) is 12.4. The predicted octanol–water partition coefficient (Wildman–Crippen LogP) is 6.07. The highest BCUT2D eigenvalue weighted by molar-refractivity contribution is 6.34. The molecule has 1 aromatic carbocycles. The second-order valence-corrected chi connectivity index (χ2v) is 10.3. The standard InChI is InChI=1S/C26H34ClN5O/c1-17-13-18(2)32(30-17)12-8-11-31(4)16-21-14-20-15-22(27)24-23(25(20)33-21)26(29-19(3)28-24)9-6-5-7-10-26/h13-15,28-29H,3,5-12,16H2,1-2,4H3. The highest BCUT2D eigenvalue weighted by Crippen LogP contribution is 2.49. The summed E-state index contributed by atoms with van der Waals surface area (Å²) in [5.41, 5.74) is 5.23. The normalized spacial score (nSPS) is 17.4. The zero-order valence-corrected chi connectivity index (χ0v) is 20.7. The van der Waals surface area contributed by atoms with Gasteiger partial charge in [-0.25, -0.2) is 0 Å². The fourth-order valence-electron chi connectivity index (χ4n) is 5.66. The van der Waals surface area contributed by atoms with Gasteiger partial charge in [-0.3, -0.25) is 9.58 Å². The van der Waals surface area contributed by atoms with Gasteiger partial charge in [-0.2, -0.15) is 5.10 Å². The van der Waals surface area contributed by atoms with E-state index in [9.17, 15) is 0 Å². The van der Waals surface area contributed by atoms with Crippen molar-refractivity contribution in [3.05, 3.63) is 58.3 Å². The van der Waals surface area contributed by atoms with Crippen molar-refractivity contribution in [2.75, 3.05) is 18.9 Å². The van der Waals surface area contributed by atoms with Crippen LogP contribution in [0, 0.1) is 13.8 Å². The molecule has 0 bridgehead atoms. The van der Waals surface area contributed by atoms with Crippen LogP contribution in [-0.4, -0.2) is 28.3 Å². The quantitative estimate of drug-likeness (QED) is 0.461. The van der Waals surface area contributed by atoms with Crippen LogP contribution in [0.3, 0.4) is 0 Å². The summed E-state index contributed by atoms with van der Waals surface area (Å²) in [6.45, 7) is 11.0. The molecule has 33 heavy (non-hydrogen) atoms. The number of nitrogens with one attached hydrogen (secondary N) is 2. The summed E-state index contributed by atoms with van der Waals surface area (Å²) in [7, 11) is 2.15. The van der Waals surface area contributed by atoms with Crippen molar-refractivity contribution in [3.63, 3.8) is 0 Å². The van der Waals surface area contributed by atoms with E-state index in [1.165, 1.54) is 30.5 Å². The van der Waals surface area contributed by atoms with Gasteiger partial charge >= 0.3 is 0 Å². The Morgan fingerprint density at radius 2 is 2.00 bits per heavy atom. The summed E-state index contributed by atoms with van der Waals surface area (Å²) >= 11 is 6.75. The molecular formula is C26H34ClN5O. The third-order valence-electron chi connectivity index (χ3n) is 7.10. The van der Waals surface area contributed by atoms with Crippen LogP contribution in [0.4, 0.5) is 5.69 Å². The Bertz CT molecular complexity index is 1190. The van der Waals surface area contributed by atoms with E-state index in [4.69, 9.17) is 16.0 Å². The molecule has 2 aliphatic rings. The van der Waals surface area contributed by atoms with Crippen LogP contribution in [0.5, 0.6) is 0 Å². The van der Waals surface area contributed by atoms with Gasteiger partial charge in [-0.1, -0.05) is 37.4 Å². The van der Waals surface area contributed by atoms with Gasteiger partial charge in [0.2, 0.25) is 0 Å². The Hall–Kier alpha value is -2.44. The second-order valence-electron chi connectivity index (χ2n) is 9.85. The Balaban J connectivity index is 1.37. The molecule has 1 fully saturated rings. The molecule has 1 saturated carbocycles. The van der Waals surface area contributed by atoms with Crippen molar-refractivity contribution in [2.45, 2.75) is 71.0 Å². The number of hydrogen-bond donors (Lipinski definition) is 2. The molecule has 176 valence electrons. The average molecular weight is 468 g/mol. The Kier molecular flexibility index (Phi) is 5.91. The van der Waals surface area contributed by atoms with E-state index in [2.05, 4.69) is 58.0 Å². The van der Waals surface area contributed by atoms with Gasteiger partial charge in [0.1, 0.15) is 11.3 Å². The van der Waals surface area contributed by atoms with Crippen LogP contribution < -0.4 is 10.6 Å². The summed E-state index contributed by atoms with van der Waals surface area (Å²) in [5.74, 6) is 1.79. The monoisotopic (exact) mass is 467 g/mol. The smallest absolute Gasteiger partial charge is 0.142 e. The first-order chi connectivity index (χ1) is 15.8. The summed E-state index contributed by atoms with van der Waals surface area (Å²) < 4.78 is 8.61. The van der Waals surface area contributed by atoms with Gasteiger partial charge < -0.3 is 15.1 Å². The first kappa shape index (κ1) is 22.4. The first-order valence-electron chi connectivity index (χ1n) is 12.0. The van der Waals surface area contributed by atoms with E-state index < -0.39 is 0 Å². The number of aromatic nitrogens is 2. The summed E-state index contributed by atoms with van der Waals surface area (Å²) in [4.78, 5) is 2.31. The Morgan fingerprint density at radius 3 is 2.73 bits per heavy atom. The maximum absolute atomic E-state index is 6.75. The third kappa shape index (κ3) is 4.26. The minimum Gasteiger partial charge on any atom is -0.459 e. The zero-order chi connectivity index (χ0) is 23.2. The number of anilines is 1. The van der Waals surface area contributed by atoms with Crippen molar-refractivity contribution in [3.8, 4) is 0 Å². The number of hydrogen-bond acceptors (Lipinski definition) is 5. The molecule has 0 amide bonds. The topological polar surface area (TPSA) is 58.3 Å². The lowest BCUT2D eigenvalue weighted by atomic mass is 9.74. The van der Waals surface area contributed by atoms with Crippen LogP contribution in [0.25, 0.3) is 11.0 Å². The van der Waals surface area contributed by atoms with Gasteiger partial charge in [0.05, 0.1) is 34.3 Å². The minimum absolute atomic E-state index is 0.153. The van der Waals surface area contributed by atoms with E-state index in [-0.39, 0.29) is 5.54 Å². The molecule has 1 aliphatic carbocycles. The van der Waals surface area contributed by atoms with Gasteiger partial charge in [0, 0.05) is 29.7 Å². The summed E-state index contributed by atoms with van der Waals surface area (Å²) in [6.07, 6.45) is 6.84. The Labute approximate surface area is 201 Å². The fraction of sp³-hybridized carbons (Fsp3) is 0.500. The fourth-order valence-corrected chi connectivity index (χ4v) is 5.92. The SMILES string of the molecule is C=C1Nc2c(Cl)cc3cc(CN(C)CCCn4nc(C)cc4C)oc3c2C2(CCCCC2)N1. The molecule has 2 N–H and O–H groups in total. The highest BCUT2D eigenvalue weighted by Gasteiger charge is 2.42. The minimum atomic E-state index is -0.153. The number of aryl methyl sites for hydroxylation is 3. The number of nitrogens with zero attached hydrogens (tertiary/aromatic N) is 3. The molecular weight excluding hydrogens is 434 g/mol. The lowest BCUT2D eigenvalue weighted by molar-refractivity contribution is 0.248. The van der Waals surface area contributed by atoms with Gasteiger partial charge in [-0.05, 0) is 58.4 Å². The van der Waals surface area contributed by atoms with Gasteiger partial charge in [0.15, 0.2) is 0 Å². The van der Waals surface area contributed by atoms with Crippen LogP contribution in [-0.2, 0) is 18.6 Å². The molecule has 0 saturated heterocycles. The number of furan rings is 1. The number of rotatable bonds is 6. The average Bonchev–Trinajstić information content (AvgIpc) is 3.29. The molecule has 2 aromatic heterocycles. The zero-order valence-electron chi connectivity index (χ0n) is 19.9. The van der Waals surface area contributed by atoms with Crippen molar-refractivity contribution >= 4 is 28.3 Å². The predicted molar refractivity (Wildman–Crippen MR) is 135 cm³/mol. The van der Waals surface area contributed by atoms with Crippen LogP contribution >= 0.6 is 11.6 Å². The molecule has 1 aliphatic heterocycles. The van der Waals surface area contributed by atoms with E-state index in [1.54, 1.807) is 0 Å². The molecule has 6 nitrogen and oxygen atoms in total. The largest absolute Gasteiger partial charge is 0.459 e. The molecule has 0 unspecified atom stereocenters. The second kappa shape index (κ2) is 8.73. The summed E-state index contributed by atoms with van der Waals surface area (Å²) in [6, 6.07) is 6.30. The lowest BCUT2D eigenvalue weighted by Gasteiger charge is -2.44. The maximum atomic E-state index is 6.75.